The Bertz CT molecular complexity index is 1160. The minimum atomic E-state index is -3.64. The van der Waals surface area contributed by atoms with E-state index < -0.39 is 15.9 Å². The molecule has 0 radical (unpaired) electrons. The first-order chi connectivity index (χ1) is 14.4. The van der Waals surface area contributed by atoms with Crippen LogP contribution in [0.15, 0.2) is 59.5 Å². The van der Waals surface area contributed by atoms with E-state index in [0.29, 0.717) is 25.1 Å². The van der Waals surface area contributed by atoms with Crippen molar-refractivity contribution in [2.75, 3.05) is 13.1 Å². The highest BCUT2D eigenvalue weighted by molar-refractivity contribution is 7.89. The summed E-state index contributed by atoms with van der Waals surface area (Å²) in [4.78, 5) is 14.6. The molecule has 0 fully saturated rings. The molecule has 30 heavy (non-hydrogen) atoms. The van der Waals surface area contributed by atoms with Crippen molar-refractivity contribution in [2.24, 2.45) is 0 Å². The second-order valence-corrected chi connectivity index (χ2v) is 8.84. The van der Waals surface area contributed by atoms with E-state index in [1.807, 2.05) is 38.1 Å². The Hall–Kier alpha value is -2.94. The van der Waals surface area contributed by atoms with Crippen LogP contribution in [0, 0.1) is 6.92 Å². The number of hydrogen-bond donors (Lipinski definition) is 3. The van der Waals surface area contributed by atoms with E-state index in [2.05, 4.69) is 4.98 Å². The molecule has 0 atom stereocenters. The Morgan fingerprint density at radius 2 is 1.87 bits per heavy atom. The van der Waals surface area contributed by atoms with Gasteiger partial charge in [0.05, 0.1) is 4.90 Å². The van der Waals surface area contributed by atoms with Gasteiger partial charge in [-0.15, -0.1) is 0 Å². The number of aromatic amines is 1. The van der Waals surface area contributed by atoms with Gasteiger partial charge in [-0.1, -0.05) is 37.3 Å². The fourth-order valence-electron chi connectivity index (χ4n) is 3.45. The standard InChI is InChI=1S/C22H25N3O4S/c1-3-25(15-14-19-16(2)23-21-7-5-4-6-20(19)21)30(28,29)18-11-8-17(9-12-18)10-13-22(26)24-27/h4-13,23,27H,3,14-15H2,1-2H3,(H,24,26)/b13-10+. The first-order valence-corrected chi connectivity index (χ1v) is 11.1. The van der Waals surface area contributed by atoms with Gasteiger partial charge in [-0.2, -0.15) is 4.31 Å². The number of nitrogens with zero attached hydrogens (tertiary/aromatic N) is 1. The number of hydroxylamine groups is 1. The number of hydrogen-bond acceptors (Lipinski definition) is 4. The van der Waals surface area contributed by atoms with Crippen molar-refractivity contribution >= 4 is 32.9 Å². The van der Waals surface area contributed by atoms with Crippen LogP contribution >= 0.6 is 0 Å². The average molecular weight is 428 g/mol. The van der Waals surface area contributed by atoms with Crippen LogP contribution in [0.25, 0.3) is 17.0 Å². The largest absolute Gasteiger partial charge is 0.358 e. The third-order valence-corrected chi connectivity index (χ3v) is 7.03. The molecular formula is C22H25N3O4S. The van der Waals surface area contributed by atoms with Crippen molar-refractivity contribution in [3.05, 3.63) is 71.4 Å². The van der Waals surface area contributed by atoms with Gasteiger partial charge in [-0.3, -0.25) is 10.0 Å². The smallest absolute Gasteiger partial charge is 0.267 e. The molecular weight excluding hydrogens is 402 g/mol. The van der Waals surface area contributed by atoms with E-state index in [9.17, 15) is 13.2 Å². The summed E-state index contributed by atoms with van der Waals surface area (Å²) in [6.07, 6.45) is 3.25. The zero-order chi connectivity index (χ0) is 21.7. The van der Waals surface area contributed by atoms with Crippen molar-refractivity contribution in [2.45, 2.75) is 25.2 Å². The molecule has 0 aliphatic carbocycles. The lowest BCUT2D eigenvalue weighted by Gasteiger charge is -2.20. The fourth-order valence-corrected chi connectivity index (χ4v) is 4.90. The molecule has 158 valence electrons. The summed E-state index contributed by atoms with van der Waals surface area (Å²) in [5.74, 6) is -0.656. The Kier molecular flexibility index (Phi) is 6.71. The highest BCUT2D eigenvalue weighted by Crippen LogP contribution is 2.24. The molecule has 0 saturated carbocycles. The van der Waals surface area contributed by atoms with Crippen molar-refractivity contribution in [3.8, 4) is 0 Å². The Balaban J connectivity index is 1.77. The number of rotatable bonds is 8. The molecule has 0 unspecified atom stereocenters. The number of aromatic nitrogens is 1. The van der Waals surface area contributed by atoms with Crippen LogP contribution < -0.4 is 5.48 Å². The van der Waals surface area contributed by atoms with Crippen molar-refractivity contribution in [1.29, 1.82) is 0 Å². The van der Waals surface area contributed by atoms with Gasteiger partial charge in [0.1, 0.15) is 0 Å². The predicted molar refractivity (Wildman–Crippen MR) is 117 cm³/mol. The summed E-state index contributed by atoms with van der Waals surface area (Å²) in [5.41, 5.74) is 5.38. The lowest BCUT2D eigenvalue weighted by Crippen LogP contribution is -2.32. The lowest BCUT2D eigenvalue weighted by molar-refractivity contribution is -0.124. The summed E-state index contributed by atoms with van der Waals surface area (Å²) in [6.45, 7) is 4.57. The number of benzene rings is 2. The molecule has 3 aromatic rings. The molecule has 0 bridgehead atoms. The second-order valence-electron chi connectivity index (χ2n) is 6.90. The van der Waals surface area contributed by atoms with Crippen LogP contribution in [0.2, 0.25) is 0 Å². The van der Waals surface area contributed by atoms with Crippen LogP contribution in [0.5, 0.6) is 0 Å². The van der Waals surface area contributed by atoms with Crippen LogP contribution in [-0.4, -0.2) is 41.9 Å². The van der Waals surface area contributed by atoms with Crippen molar-refractivity contribution in [1.82, 2.24) is 14.8 Å². The van der Waals surface area contributed by atoms with Crippen molar-refractivity contribution < 1.29 is 18.4 Å². The first-order valence-electron chi connectivity index (χ1n) is 9.65. The van der Waals surface area contributed by atoms with E-state index >= 15 is 0 Å². The molecule has 3 N–H and O–H groups in total. The van der Waals surface area contributed by atoms with Gasteiger partial charge < -0.3 is 4.98 Å². The number of amides is 1. The summed E-state index contributed by atoms with van der Waals surface area (Å²) in [7, 11) is -3.64. The molecule has 1 amide bonds. The maximum Gasteiger partial charge on any atom is 0.267 e. The second kappa shape index (κ2) is 9.25. The summed E-state index contributed by atoms with van der Waals surface area (Å²) < 4.78 is 27.7. The van der Waals surface area contributed by atoms with E-state index in [0.717, 1.165) is 28.2 Å². The fraction of sp³-hybridized carbons (Fsp3) is 0.227. The van der Waals surface area contributed by atoms with E-state index in [-0.39, 0.29) is 4.90 Å². The Labute approximate surface area is 176 Å². The monoisotopic (exact) mass is 427 g/mol. The van der Waals surface area contributed by atoms with Gasteiger partial charge >= 0.3 is 0 Å². The molecule has 1 aromatic heterocycles. The van der Waals surface area contributed by atoms with Crippen molar-refractivity contribution in [3.63, 3.8) is 0 Å². The maximum absolute atomic E-state index is 13.1. The molecule has 0 aliphatic rings. The van der Waals surface area contributed by atoms with Crippen LogP contribution in [0.4, 0.5) is 0 Å². The lowest BCUT2D eigenvalue weighted by atomic mass is 10.1. The summed E-state index contributed by atoms with van der Waals surface area (Å²) in [5, 5.41) is 9.63. The molecule has 0 saturated heterocycles. The highest BCUT2D eigenvalue weighted by atomic mass is 32.2. The number of sulfonamides is 1. The number of nitrogens with one attached hydrogen (secondary N) is 2. The quantitative estimate of drug-likeness (QED) is 0.292. The number of likely N-dealkylation sites (N-methyl/N-ethyl adjacent to an activating group) is 1. The van der Waals surface area contributed by atoms with Gasteiger partial charge in [-0.05, 0) is 48.7 Å². The SMILES string of the molecule is CCN(CCc1c(C)[nH]c2ccccc12)S(=O)(=O)c1ccc(/C=C/C(=O)NO)cc1. The summed E-state index contributed by atoms with van der Waals surface area (Å²) in [6, 6.07) is 14.3. The number of para-hydroxylation sites is 1. The normalized spacial score (nSPS) is 12.1. The molecule has 0 spiro atoms. The number of H-pyrrole nitrogens is 1. The molecule has 7 nitrogen and oxygen atoms in total. The molecule has 1 heterocycles. The molecule has 2 aromatic carbocycles. The average Bonchev–Trinajstić information content (AvgIpc) is 3.07. The van der Waals surface area contributed by atoms with Gasteiger partial charge in [0.25, 0.3) is 5.91 Å². The number of aryl methyl sites for hydroxylation is 1. The molecule has 8 heteroatoms. The maximum atomic E-state index is 13.1. The number of carbonyl (C=O) groups excluding carboxylic acids is 1. The number of fused-ring (bicyclic) bond motifs is 1. The van der Waals surface area contributed by atoms with Gasteiger partial charge in [0.15, 0.2) is 0 Å². The van der Waals surface area contributed by atoms with Gasteiger partial charge in [0.2, 0.25) is 10.0 Å². The highest BCUT2D eigenvalue weighted by Gasteiger charge is 2.23. The molecule has 3 rings (SSSR count). The van der Waals surface area contributed by atoms with Crippen LogP contribution in [-0.2, 0) is 21.2 Å². The predicted octanol–water partition coefficient (Wildman–Crippen LogP) is 3.25. The first kappa shape index (κ1) is 21.8. The zero-order valence-electron chi connectivity index (χ0n) is 16.9. The Morgan fingerprint density at radius 1 is 1.17 bits per heavy atom. The van der Waals surface area contributed by atoms with E-state index in [1.54, 1.807) is 12.1 Å². The van der Waals surface area contributed by atoms with Crippen LogP contribution in [0.1, 0.15) is 23.7 Å². The van der Waals surface area contributed by atoms with Gasteiger partial charge in [-0.25, -0.2) is 13.9 Å². The van der Waals surface area contributed by atoms with Crippen LogP contribution in [0.3, 0.4) is 0 Å². The topological polar surface area (TPSA) is 103 Å². The summed E-state index contributed by atoms with van der Waals surface area (Å²) >= 11 is 0. The minimum absolute atomic E-state index is 0.198. The third-order valence-electron chi connectivity index (χ3n) is 5.05. The zero-order valence-corrected chi connectivity index (χ0v) is 17.7. The van der Waals surface area contributed by atoms with E-state index in [1.165, 1.54) is 28.0 Å². The third kappa shape index (κ3) is 4.62. The van der Waals surface area contributed by atoms with E-state index in [4.69, 9.17) is 5.21 Å². The number of carbonyl (C=O) groups is 1. The Morgan fingerprint density at radius 3 is 2.53 bits per heavy atom. The van der Waals surface area contributed by atoms with Gasteiger partial charge in [0, 0.05) is 35.8 Å². The molecule has 0 aliphatic heterocycles. The minimum Gasteiger partial charge on any atom is -0.358 e.